The summed E-state index contributed by atoms with van der Waals surface area (Å²) < 4.78 is 0. The lowest BCUT2D eigenvalue weighted by molar-refractivity contribution is 0.1000. The van der Waals surface area contributed by atoms with Crippen molar-refractivity contribution < 1.29 is 4.79 Å². The summed E-state index contributed by atoms with van der Waals surface area (Å²) in [6.07, 6.45) is 0. The van der Waals surface area contributed by atoms with E-state index in [-0.39, 0.29) is 5.91 Å². The summed E-state index contributed by atoms with van der Waals surface area (Å²) in [5, 5.41) is 0. The minimum atomic E-state index is -0.356. The maximum absolute atomic E-state index is 11.0. The summed E-state index contributed by atoms with van der Waals surface area (Å²) in [5.41, 5.74) is 8.06. The molecule has 0 unspecified atom stereocenters. The largest absolute Gasteiger partial charge is 0.366 e. The van der Waals surface area contributed by atoms with E-state index in [4.69, 9.17) is 5.73 Å². The highest BCUT2D eigenvalue weighted by atomic mass is 16.1. The molecule has 2 nitrogen and oxygen atoms in total. The second-order valence-corrected chi connectivity index (χ2v) is 3.65. The maximum atomic E-state index is 11.0. The van der Waals surface area contributed by atoms with Crippen LogP contribution in [0.15, 0.2) is 18.2 Å². The second-order valence-electron chi connectivity index (χ2n) is 3.65. The van der Waals surface area contributed by atoms with Gasteiger partial charge in [0.2, 0.25) is 5.91 Å². The molecule has 0 aliphatic carbocycles. The first-order chi connectivity index (χ1) is 7.00. The average molecular weight is 207 g/mol. The van der Waals surface area contributed by atoms with Crippen LogP contribution in [0.25, 0.3) is 0 Å². The van der Waals surface area contributed by atoms with Crippen molar-refractivity contribution in [2.75, 3.05) is 0 Å². The molecule has 0 saturated carbocycles. The fraction of sp³-hybridized carbons (Fsp3) is 0.462. The first-order valence-electron chi connectivity index (χ1n) is 5.42. The van der Waals surface area contributed by atoms with Crippen LogP contribution in [-0.2, 0) is 0 Å². The van der Waals surface area contributed by atoms with E-state index in [2.05, 4.69) is 19.9 Å². The molecular weight excluding hydrogens is 186 g/mol. The summed E-state index contributed by atoms with van der Waals surface area (Å²) in [4.78, 5) is 11.0. The average Bonchev–Trinajstić information content (AvgIpc) is 2.19. The van der Waals surface area contributed by atoms with E-state index in [1.807, 2.05) is 32.9 Å². The first-order valence-corrected chi connectivity index (χ1v) is 5.42. The van der Waals surface area contributed by atoms with Gasteiger partial charge in [0.05, 0.1) is 0 Å². The van der Waals surface area contributed by atoms with Crippen molar-refractivity contribution in [2.24, 2.45) is 5.73 Å². The second kappa shape index (κ2) is 6.23. The molecule has 0 spiro atoms. The SMILES string of the molecule is CC.Cc1cc(C(N)=O)cc(C(C)C)c1. The van der Waals surface area contributed by atoms with Crippen LogP contribution in [-0.4, -0.2) is 5.91 Å². The Bertz CT molecular complexity index is 329. The fourth-order valence-electron chi connectivity index (χ4n) is 1.29. The predicted octanol–water partition coefficient (Wildman–Crippen LogP) is 3.24. The molecule has 0 radical (unpaired) electrons. The zero-order valence-corrected chi connectivity index (χ0v) is 10.3. The molecule has 0 heterocycles. The summed E-state index contributed by atoms with van der Waals surface area (Å²) >= 11 is 0. The number of rotatable bonds is 2. The third kappa shape index (κ3) is 4.15. The lowest BCUT2D eigenvalue weighted by Crippen LogP contribution is -2.11. The van der Waals surface area contributed by atoms with E-state index >= 15 is 0 Å². The van der Waals surface area contributed by atoms with E-state index in [0.29, 0.717) is 11.5 Å². The highest BCUT2D eigenvalue weighted by Crippen LogP contribution is 2.17. The Morgan fingerprint density at radius 1 is 1.20 bits per heavy atom. The van der Waals surface area contributed by atoms with Gasteiger partial charge >= 0.3 is 0 Å². The molecule has 15 heavy (non-hydrogen) atoms. The molecule has 0 aromatic heterocycles. The van der Waals surface area contributed by atoms with Crippen LogP contribution in [0.3, 0.4) is 0 Å². The Morgan fingerprint density at radius 2 is 1.73 bits per heavy atom. The standard InChI is InChI=1S/C11H15NO.C2H6/c1-7(2)9-4-8(3)5-10(6-9)11(12)13;1-2/h4-7H,1-3H3,(H2,12,13);1-2H3. The Morgan fingerprint density at radius 3 is 2.13 bits per heavy atom. The Labute approximate surface area is 92.5 Å². The van der Waals surface area contributed by atoms with Gasteiger partial charge in [0.25, 0.3) is 0 Å². The van der Waals surface area contributed by atoms with Crippen molar-refractivity contribution in [3.05, 3.63) is 34.9 Å². The molecule has 0 aliphatic heterocycles. The number of primary amides is 1. The molecular formula is C13H21NO. The van der Waals surface area contributed by atoms with Gasteiger partial charge in [-0.05, 0) is 30.5 Å². The third-order valence-corrected chi connectivity index (χ3v) is 2.05. The van der Waals surface area contributed by atoms with E-state index in [1.165, 1.54) is 0 Å². The smallest absolute Gasteiger partial charge is 0.248 e. The molecule has 1 aromatic carbocycles. The van der Waals surface area contributed by atoms with Gasteiger partial charge in [-0.2, -0.15) is 0 Å². The van der Waals surface area contributed by atoms with Gasteiger partial charge in [0.15, 0.2) is 0 Å². The van der Waals surface area contributed by atoms with Crippen molar-refractivity contribution in [1.29, 1.82) is 0 Å². The first kappa shape index (κ1) is 13.7. The maximum Gasteiger partial charge on any atom is 0.248 e. The number of hydrogen-bond donors (Lipinski definition) is 1. The van der Waals surface area contributed by atoms with Gasteiger partial charge in [0, 0.05) is 5.56 Å². The summed E-state index contributed by atoms with van der Waals surface area (Å²) in [6, 6.07) is 5.76. The van der Waals surface area contributed by atoms with E-state index < -0.39 is 0 Å². The molecule has 84 valence electrons. The minimum Gasteiger partial charge on any atom is -0.366 e. The lowest BCUT2D eigenvalue weighted by Gasteiger charge is -2.08. The molecule has 2 N–H and O–H groups in total. The number of carbonyl (C=O) groups is 1. The number of amides is 1. The van der Waals surface area contributed by atoms with Gasteiger partial charge < -0.3 is 5.73 Å². The third-order valence-electron chi connectivity index (χ3n) is 2.05. The number of aryl methyl sites for hydroxylation is 1. The predicted molar refractivity (Wildman–Crippen MR) is 65.1 cm³/mol. The van der Waals surface area contributed by atoms with Crippen LogP contribution in [0.4, 0.5) is 0 Å². The summed E-state index contributed by atoms with van der Waals surface area (Å²) in [6.45, 7) is 10.2. The number of benzene rings is 1. The van der Waals surface area contributed by atoms with E-state index in [1.54, 1.807) is 0 Å². The lowest BCUT2D eigenvalue weighted by atomic mass is 9.98. The normalized spacial score (nSPS) is 9.47. The fourth-order valence-corrected chi connectivity index (χ4v) is 1.29. The van der Waals surface area contributed by atoms with Gasteiger partial charge in [-0.15, -0.1) is 0 Å². The zero-order chi connectivity index (χ0) is 12.0. The quantitative estimate of drug-likeness (QED) is 0.794. The van der Waals surface area contributed by atoms with Gasteiger partial charge in [-0.1, -0.05) is 39.3 Å². The van der Waals surface area contributed by atoms with Crippen LogP contribution < -0.4 is 5.73 Å². The van der Waals surface area contributed by atoms with E-state index in [9.17, 15) is 4.79 Å². The summed E-state index contributed by atoms with van der Waals surface area (Å²) in [7, 11) is 0. The van der Waals surface area contributed by atoms with Crippen LogP contribution in [0.5, 0.6) is 0 Å². The molecule has 0 bridgehead atoms. The zero-order valence-electron chi connectivity index (χ0n) is 10.3. The van der Waals surface area contributed by atoms with Crippen molar-refractivity contribution in [2.45, 2.75) is 40.5 Å². The monoisotopic (exact) mass is 207 g/mol. The number of hydrogen-bond acceptors (Lipinski definition) is 1. The number of carbonyl (C=O) groups excluding carboxylic acids is 1. The molecule has 2 heteroatoms. The summed E-state index contributed by atoms with van der Waals surface area (Å²) in [5.74, 6) is 0.0728. The highest BCUT2D eigenvalue weighted by Gasteiger charge is 2.05. The minimum absolute atomic E-state index is 0.356. The Hall–Kier alpha value is -1.31. The Kier molecular flexibility index (Phi) is 5.68. The molecule has 0 atom stereocenters. The van der Waals surface area contributed by atoms with Crippen LogP contribution in [0, 0.1) is 6.92 Å². The van der Waals surface area contributed by atoms with Crippen molar-refractivity contribution >= 4 is 5.91 Å². The Balaban J connectivity index is 0.000000921. The topological polar surface area (TPSA) is 43.1 Å². The van der Waals surface area contributed by atoms with Crippen molar-refractivity contribution in [1.82, 2.24) is 0 Å². The molecule has 1 aromatic rings. The van der Waals surface area contributed by atoms with Crippen LogP contribution in [0.1, 0.15) is 55.1 Å². The van der Waals surface area contributed by atoms with Gasteiger partial charge in [-0.25, -0.2) is 0 Å². The van der Waals surface area contributed by atoms with Crippen molar-refractivity contribution in [3.63, 3.8) is 0 Å². The molecule has 0 fully saturated rings. The molecule has 1 rings (SSSR count). The van der Waals surface area contributed by atoms with Gasteiger partial charge in [0.1, 0.15) is 0 Å². The highest BCUT2D eigenvalue weighted by molar-refractivity contribution is 5.93. The van der Waals surface area contributed by atoms with Crippen molar-refractivity contribution in [3.8, 4) is 0 Å². The molecule has 0 saturated heterocycles. The molecule has 1 amide bonds. The number of nitrogens with two attached hydrogens (primary N) is 1. The van der Waals surface area contributed by atoms with E-state index in [0.717, 1.165) is 11.1 Å². The van der Waals surface area contributed by atoms with Crippen LogP contribution >= 0.6 is 0 Å². The van der Waals surface area contributed by atoms with Gasteiger partial charge in [-0.3, -0.25) is 4.79 Å². The molecule has 0 aliphatic rings. The van der Waals surface area contributed by atoms with Crippen LogP contribution in [0.2, 0.25) is 0 Å².